The number of hydrogen-bond donors (Lipinski definition) is 3. The van der Waals surface area contributed by atoms with E-state index in [9.17, 15) is 14.4 Å². The first-order valence-corrected chi connectivity index (χ1v) is 12.6. The van der Waals surface area contributed by atoms with Crippen molar-refractivity contribution in [3.05, 3.63) is 47.3 Å². The minimum Gasteiger partial charge on any atom is -0.481 e. The fourth-order valence-corrected chi connectivity index (χ4v) is 4.78. The number of aliphatic carboxylic acids is 1. The third-order valence-electron chi connectivity index (χ3n) is 6.79. The van der Waals surface area contributed by atoms with E-state index < -0.39 is 18.0 Å². The molecule has 4 rings (SSSR count). The molecule has 3 heterocycles. The van der Waals surface area contributed by atoms with Gasteiger partial charge in [-0.1, -0.05) is 30.3 Å². The molecule has 0 spiro atoms. The van der Waals surface area contributed by atoms with Crippen LogP contribution >= 0.6 is 0 Å². The fraction of sp³-hybridized carbons (Fsp3) is 0.560. The van der Waals surface area contributed by atoms with Crippen LogP contribution in [0.4, 0.5) is 4.79 Å². The van der Waals surface area contributed by atoms with E-state index in [0.717, 1.165) is 49.5 Å². The maximum absolute atomic E-state index is 13.2. The molecule has 1 atom stereocenters. The highest BCUT2D eigenvalue weighted by Gasteiger charge is 2.35. The molecular weight excluding hydrogens is 464 g/mol. The molecule has 1 aromatic rings. The highest BCUT2D eigenvalue weighted by Crippen LogP contribution is 2.34. The molecule has 2 amide bonds. The minimum absolute atomic E-state index is 0.00773. The molecule has 11 nitrogen and oxygen atoms in total. The normalized spacial score (nSPS) is 19.7. The van der Waals surface area contributed by atoms with Crippen molar-refractivity contribution in [2.45, 2.75) is 57.7 Å². The van der Waals surface area contributed by atoms with Crippen molar-refractivity contribution in [1.82, 2.24) is 20.7 Å². The number of nitrogens with one attached hydrogen (secondary N) is 2. The smallest absolute Gasteiger partial charge is 0.429 e. The Morgan fingerprint density at radius 3 is 2.69 bits per heavy atom. The molecule has 36 heavy (non-hydrogen) atoms. The van der Waals surface area contributed by atoms with Gasteiger partial charge in [-0.15, -0.1) is 5.11 Å². The number of amides is 2. The van der Waals surface area contributed by atoms with Crippen LogP contribution < -0.4 is 10.7 Å². The van der Waals surface area contributed by atoms with Crippen LogP contribution in [0.15, 0.2) is 52.0 Å². The number of fused-ring (bicyclic) bond motifs is 1. The molecule has 1 aromatic carbocycles. The first-order valence-electron chi connectivity index (χ1n) is 12.6. The van der Waals surface area contributed by atoms with Crippen LogP contribution in [-0.4, -0.2) is 65.3 Å². The average Bonchev–Trinajstić information content (AvgIpc) is 3.32. The van der Waals surface area contributed by atoms with E-state index in [-0.39, 0.29) is 25.7 Å². The van der Waals surface area contributed by atoms with Gasteiger partial charge in [0.25, 0.3) is 5.91 Å². The van der Waals surface area contributed by atoms with Gasteiger partial charge in [0, 0.05) is 6.54 Å². The molecule has 0 aromatic heterocycles. The Labute approximate surface area is 210 Å². The number of carbonyl (C=O) groups is 3. The van der Waals surface area contributed by atoms with E-state index >= 15 is 0 Å². The van der Waals surface area contributed by atoms with Gasteiger partial charge in [-0.05, 0) is 63.1 Å². The minimum atomic E-state index is -1.09. The summed E-state index contributed by atoms with van der Waals surface area (Å²) in [6, 6.07) is 9.12. The Kier molecular flexibility index (Phi) is 8.88. The summed E-state index contributed by atoms with van der Waals surface area (Å²) < 4.78 is 5.31. The summed E-state index contributed by atoms with van der Waals surface area (Å²) in [5, 5.41) is 22.2. The Balaban J connectivity index is 1.38. The van der Waals surface area contributed by atoms with E-state index in [1.807, 2.05) is 30.3 Å². The maximum atomic E-state index is 13.2. The molecule has 1 fully saturated rings. The second-order valence-corrected chi connectivity index (χ2v) is 9.34. The summed E-state index contributed by atoms with van der Waals surface area (Å²) in [5.41, 5.74) is 3.78. The summed E-state index contributed by atoms with van der Waals surface area (Å²) in [7, 11) is 0. The third kappa shape index (κ3) is 6.81. The summed E-state index contributed by atoms with van der Waals surface area (Å²) >= 11 is 0. The molecule has 3 N–H and O–H groups in total. The van der Waals surface area contributed by atoms with Gasteiger partial charge >= 0.3 is 12.1 Å². The molecule has 3 aliphatic heterocycles. The number of carbonyl (C=O) groups excluding carboxylic acids is 2. The lowest BCUT2D eigenvalue weighted by atomic mass is 9.92. The van der Waals surface area contributed by atoms with E-state index in [1.165, 1.54) is 12.8 Å². The van der Waals surface area contributed by atoms with Crippen molar-refractivity contribution in [2.75, 3.05) is 26.2 Å². The number of piperidine rings is 1. The highest BCUT2D eigenvalue weighted by atomic mass is 16.6. The molecule has 0 radical (unpaired) electrons. The number of nitrogens with zero attached hydrogens (tertiary/aromatic N) is 4. The highest BCUT2D eigenvalue weighted by molar-refractivity contribution is 5.95. The zero-order chi connectivity index (χ0) is 25.3. The number of benzene rings is 1. The van der Waals surface area contributed by atoms with Gasteiger partial charge in [-0.2, -0.15) is 5.11 Å². The predicted octanol–water partition coefficient (Wildman–Crippen LogP) is 3.01. The van der Waals surface area contributed by atoms with Crippen molar-refractivity contribution in [2.24, 2.45) is 16.1 Å². The van der Waals surface area contributed by atoms with E-state index in [0.29, 0.717) is 23.7 Å². The van der Waals surface area contributed by atoms with Crippen LogP contribution in [0, 0.1) is 5.92 Å². The number of carboxylic acids is 1. The fourth-order valence-electron chi connectivity index (χ4n) is 4.78. The van der Waals surface area contributed by atoms with E-state index in [2.05, 4.69) is 25.9 Å². The monoisotopic (exact) mass is 498 g/mol. The van der Waals surface area contributed by atoms with Crippen molar-refractivity contribution in [3.63, 3.8) is 0 Å². The second kappa shape index (κ2) is 12.5. The Hall–Kier alpha value is -3.47. The van der Waals surface area contributed by atoms with Gasteiger partial charge in [-0.25, -0.2) is 9.80 Å². The quantitative estimate of drug-likeness (QED) is 0.445. The first kappa shape index (κ1) is 25.6. The van der Waals surface area contributed by atoms with Gasteiger partial charge in [0.2, 0.25) is 0 Å². The summed E-state index contributed by atoms with van der Waals surface area (Å²) in [6.45, 7) is 2.68. The van der Waals surface area contributed by atoms with Crippen LogP contribution in [0.5, 0.6) is 0 Å². The van der Waals surface area contributed by atoms with Gasteiger partial charge in [0.15, 0.2) is 5.82 Å². The van der Waals surface area contributed by atoms with Gasteiger partial charge in [-0.3, -0.25) is 15.0 Å². The Bertz CT molecular complexity index is 992. The van der Waals surface area contributed by atoms with Crippen molar-refractivity contribution in [1.29, 1.82) is 0 Å². The molecule has 1 saturated heterocycles. The van der Waals surface area contributed by atoms with Crippen LogP contribution in [0.3, 0.4) is 0 Å². The van der Waals surface area contributed by atoms with E-state index in [4.69, 9.17) is 9.84 Å². The molecule has 3 aliphatic rings. The summed E-state index contributed by atoms with van der Waals surface area (Å²) in [6.07, 6.45) is 4.36. The first-order chi connectivity index (χ1) is 17.5. The summed E-state index contributed by atoms with van der Waals surface area (Å²) in [5.74, 6) is -0.344. The van der Waals surface area contributed by atoms with Crippen molar-refractivity contribution in [3.8, 4) is 0 Å². The average molecular weight is 499 g/mol. The van der Waals surface area contributed by atoms with Crippen LogP contribution in [0.25, 0.3) is 0 Å². The zero-order valence-corrected chi connectivity index (χ0v) is 20.4. The predicted molar refractivity (Wildman–Crippen MR) is 130 cm³/mol. The SMILES string of the molecule is O=C(O)CCN(NC(=O)C1=C2N=NC(CCC3CCNCC3)N2CCC1)C(=O)OCc1ccccc1. The lowest BCUT2D eigenvalue weighted by molar-refractivity contribution is -0.138. The standard InChI is InChI=1S/C25H34N6O5/c32-22(33)12-16-31(25(35)36-17-19-5-2-1-3-6-19)29-24(34)20-7-4-15-30-21(27-28-23(20)30)9-8-18-10-13-26-14-11-18/h1-3,5-6,18,21,26H,4,7-17H2,(H,29,34)(H,32,33). The second-order valence-electron chi connectivity index (χ2n) is 9.34. The van der Waals surface area contributed by atoms with Crippen molar-refractivity contribution >= 4 is 18.0 Å². The van der Waals surface area contributed by atoms with Gasteiger partial charge in [0.05, 0.1) is 18.5 Å². The lowest BCUT2D eigenvalue weighted by Crippen LogP contribution is -2.48. The number of hydrazine groups is 1. The van der Waals surface area contributed by atoms with Crippen LogP contribution in [0.1, 0.15) is 50.5 Å². The summed E-state index contributed by atoms with van der Waals surface area (Å²) in [4.78, 5) is 39.1. The Morgan fingerprint density at radius 1 is 1.17 bits per heavy atom. The van der Waals surface area contributed by atoms with Crippen molar-refractivity contribution < 1.29 is 24.2 Å². The molecule has 0 saturated carbocycles. The zero-order valence-electron chi connectivity index (χ0n) is 20.4. The van der Waals surface area contributed by atoms with Gasteiger partial charge < -0.3 is 20.1 Å². The Morgan fingerprint density at radius 2 is 1.94 bits per heavy atom. The molecule has 0 aliphatic carbocycles. The number of hydrogen-bond acceptors (Lipinski definition) is 8. The number of rotatable bonds is 9. The number of carboxylic acid groups (broad SMARTS) is 1. The van der Waals surface area contributed by atoms with Gasteiger partial charge in [0.1, 0.15) is 12.8 Å². The van der Waals surface area contributed by atoms with Crippen LogP contribution in [0.2, 0.25) is 0 Å². The molecule has 194 valence electrons. The molecular formula is C25H34N6O5. The third-order valence-corrected chi connectivity index (χ3v) is 6.79. The molecule has 0 bridgehead atoms. The number of azo groups is 1. The lowest BCUT2D eigenvalue weighted by Gasteiger charge is -2.31. The molecule has 1 unspecified atom stereocenters. The van der Waals surface area contributed by atoms with E-state index in [1.54, 1.807) is 0 Å². The number of ether oxygens (including phenoxy) is 1. The topological polar surface area (TPSA) is 136 Å². The maximum Gasteiger partial charge on any atom is 0.429 e. The van der Waals surface area contributed by atoms with Crippen LogP contribution in [-0.2, 0) is 20.9 Å². The molecule has 11 heteroatoms. The largest absolute Gasteiger partial charge is 0.481 e.